The van der Waals surface area contributed by atoms with E-state index in [9.17, 15) is 0 Å². The van der Waals surface area contributed by atoms with Crippen molar-refractivity contribution in [1.82, 2.24) is 14.9 Å². The average Bonchev–Trinajstić information content (AvgIpc) is 2.92. The summed E-state index contributed by atoms with van der Waals surface area (Å²) >= 11 is 0. The van der Waals surface area contributed by atoms with Crippen molar-refractivity contribution in [3.63, 3.8) is 0 Å². The summed E-state index contributed by atoms with van der Waals surface area (Å²) in [6, 6.07) is 16.6. The Kier molecular flexibility index (Phi) is 9.32. The van der Waals surface area contributed by atoms with Crippen molar-refractivity contribution in [3.05, 3.63) is 66.5 Å². The van der Waals surface area contributed by atoms with Crippen molar-refractivity contribution in [2.45, 2.75) is 32.2 Å². The number of hydrogen-bond acceptors (Lipinski definition) is 7. The Bertz CT molecular complexity index is 1040. The Hall–Kier alpha value is -3.16. The zero-order valence-electron chi connectivity index (χ0n) is 20.8. The maximum atomic E-state index is 6.03. The minimum Gasteiger partial charge on any atom is -0.493 e. The third kappa shape index (κ3) is 7.16. The highest BCUT2D eigenvalue weighted by Gasteiger charge is 2.14. The summed E-state index contributed by atoms with van der Waals surface area (Å²) in [6.45, 7) is 7.49. The lowest BCUT2D eigenvalue weighted by Gasteiger charge is -2.26. The van der Waals surface area contributed by atoms with Gasteiger partial charge in [-0.05, 0) is 36.6 Å². The van der Waals surface area contributed by atoms with Crippen LogP contribution in [0.25, 0.3) is 11.3 Å². The molecule has 1 N–H and O–H groups in total. The molecule has 0 spiro atoms. The molecule has 3 aromatic rings. The summed E-state index contributed by atoms with van der Waals surface area (Å²) < 4.78 is 17.1. The summed E-state index contributed by atoms with van der Waals surface area (Å²) in [5, 5.41) is 3.57. The van der Waals surface area contributed by atoms with Crippen molar-refractivity contribution >= 4 is 5.82 Å². The number of anilines is 1. The quantitative estimate of drug-likeness (QED) is 0.360. The molecule has 1 fully saturated rings. The van der Waals surface area contributed by atoms with Gasteiger partial charge in [0.15, 0.2) is 11.5 Å². The van der Waals surface area contributed by atoms with Crippen LogP contribution in [-0.2, 0) is 4.74 Å². The monoisotopic (exact) mass is 476 g/mol. The first-order valence-corrected chi connectivity index (χ1v) is 12.5. The van der Waals surface area contributed by atoms with E-state index in [0.717, 1.165) is 74.9 Å². The zero-order valence-corrected chi connectivity index (χ0v) is 20.8. The van der Waals surface area contributed by atoms with Crippen LogP contribution in [0.5, 0.6) is 11.5 Å². The molecule has 2 aromatic carbocycles. The van der Waals surface area contributed by atoms with Gasteiger partial charge in [0.1, 0.15) is 5.82 Å². The lowest BCUT2D eigenvalue weighted by atomic mass is 10.0. The predicted molar refractivity (Wildman–Crippen MR) is 139 cm³/mol. The third-order valence-corrected chi connectivity index (χ3v) is 6.18. The molecule has 186 valence electrons. The Labute approximate surface area is 208 Å². The number of benzene rings is 2. The van der Waals surface area contributed by atoms with E-state index in [4.69, 9.17) is 19.2 Å². The van der Waals surface area contributed by atoms with Crippen molar-refractivity contribution in [2.24, 2.45) is 0 Å². The van der Waals surface area contributed by atoms with Crippen LogP contribution in [0.1, 0.15) is 37.8 Å². The van der Waals surface area contributed by atoms with E-state index >= 15 is 0 Å². The minimum absolute atomic E-state index is 0.188. The van der Waals surface area contributed by atoms with Gasteiger partial charge in [0.25, 0.3) is 0 Å². The van der Waals surface area contributed by atoms with Gasteiger partial charge in [-0.3, -0.25) is 9.88 Å². The van der Waals surface area contributed by atoms with Gasteiger partial charge in [-0.25, -0.2) is 4.98 Å². The first-order chi connectivity index (χ1) is 17.3. The second-order valence-corrected chi connectivity index (χ2v) is 8.71. The molecule has 7 nitrogen and oxygen atoms in total. The number of ether oxygens (including phenoxy) is 3. The van der Waals surface area contributed by atoms with Crippen LogP contribution >= 0.6 is 0 Å². The fraction of sp³-hybridized carbons (Fsp3) is 0.429. The fourth-order valence-electron chi connectivity index (χ4n) is 4.29. The largest absolute Gasteiger partial charge is 0.493 e. The Morgan fingerprint density at radius 1 is 1.06 bits per heavy atom. The maximum absolute atomic E-state index is 6.03. The van der Waals surface area contributed by atoms with Gasteiger partial charge in [-0.1, -0.05) is 43.7 Å². The number of hydrogen-bond donors (Lipinski definition) is 1. The molecular formula is C28H36N4O3. The van der Waals surface area contributed by atoms with Crippen LogP contribution in [-0.4, -0.2) is 61.4 Å². The van der Waals surface area contributed by atoms with Gasteiger partial charge in [-0.2, -0.15) is 0 Å². The van der Waals surface area contributed by atoms with Crippen molar-refractivity contribution in [1.29, 1.82) is 0 Å². The van der Waals surface area contributed by atoms with E-state index in [2.05, 4.69) is 46.4 Å². The molecular weight excluding hydrogens is 440 g/mol. The van der Waals surface area contributed by atoms with Gasteiger partial charge in [0.05, 0.1) is 51.1 Å². The van der Waals surface area contributed by atoms with Crippen LogP contribution < -0.4 is 14.8 Å². The van der Waals surface area contributed by atoms with Crippen LogP contribution in [0.3, 0.4) is 0 Å². The molecule has 1 saturated heterocycles. The SMILES string of the molecule is CCCC(Nc1cncc(-c2ccc(OCCCN3CCOCC3)c(OC)c2)n1)c1ccccc1. The lowest BCUT2D eigenvalue weighted by molar-refractivity contribution is 0.0357. The molecule has 0 amide bonds. The van der Waals surface area contributed by atoms with E-state index in [1.54, 1.807) is 19.5 Å². The zero-order chi connectivity index (χ0) is 24.3. The molecule has 1 aliphatic rings. The second-order valence-electron chi connectivity index (χ2n) is 8.71. The molecule has 0 radical (unpaired) electrons. The lowest BCUT2D eigenvalue weighted by Crippen LogP contribution is -2.37. The Balaban J connectivity index is 1.40. The number of morpholine rings is 1. The van der Waals surface area contributed by atoms with Crippen molar-refractivity contribution in [2.75, 3.05) is 51.9 Å². The van der Waals surface area contributed by atoms with Gasteiger partial charge in [0.2, 0.25) is 0 Å². The third-order valence-electron chi connectivity index (χ3n) is 6.18. The molecule has 0 saturated carbocycles. The highest BCUT2D eigenvalue weighted by atomic mass is 16.5. The number of nitrogens with zero attached hydrogens (tertiary/aromatic N) is 3. The summed E-state index contributed by atoms with van der Waals surface area (Å²) in [7, 11) is 1.67. The summed E-state index contributed by atoms with van der Waals surface area (Å²) in [5.74, 6) is 2.20. The summed E-state index contributed by atoms with van der Waals surface area (Å²) in [6.07, 6.45) is 6.61. The molecule has 1 unspecified atom stereocenters. The molecule has 1 aromatic heterocycles. The van der Waals surface area contributed by atoms with E-state index in [1.165, 1.54) is 5.56 Å². The average molecular weight is 477 g/mol. The Morgan fingerprint density at radius 2 is 1.89 bits per heavy atom. The van der Waals surface area contributed by atoms with Gasteiger partial charge >= 0.3 is 0 Å². The van der Waals surface area contributed by atoms with Gasteiger partial charge in [0, 0.05) is 25.2 Å². The van der Waals surface area contributed by atoms with Gasteiger partial charge in [-0.15, -0.1) is 0 Å². The van der Waals surface area contributed by atoms with E-state index in [0.29, 0.717) is 12.4 Å². The number of aromatic nitrogens is 2. The highest BCUT2D eigenvalue weighted by molar-refractivity contribution is 5.64. The topological polar surface area (TPSA) is 68.7 Å². The molecule has 2 heterocycles. The van der Waals surface area contributed by atoms with Crippen LogP contribution in [0, 0.1) is 0 Å². The first-order valence-electron chi connectivity index (χ1n) is 12.5. The Morgan fingerprint density at radius 3 is 2.66 bits per heavy atom. The summed E-state index contributed by atoms with van der Waals surface area (Å²) in [4.78, 5) is 11.7. The molecule has 0 aliphatic carbocycles. The molecule has 1 aliphatic heterocycles. The molecule has 4 rings (SSSR count). The number of nitrogens with one attached hydrogen (secondary N) is 1. The van der Waals surface area contributed by atoms with Gasteiger partial charge < -0.3 is 19.5 Å². The first kappa shape index (κ1) is 24.9. The predicted octanol–water partition coefficient (Wildman–Crippen LogP) is 5.21. The fourth-order valence-corrected chi connectivity index (χ4v) is 4.29. The standard InChI is InChI=1S/C28H36N4O3/c1-3-8-24(22-9-5-4-6-10-22)30-28-21-29-20-25(31-28)23-11-12-26(27(19-23)33-2)35-16-7-13-32-14-17-34-18-15-32/h4-6,9-12,19-21,24H,3,7-8,13-18H2,1-2H3,(H,30,31). The van der Waals surface area contributed by atoms with Crippen LogP contribution in [0.2, 0.25) is 0 Å². The second kappa shape index (κ2) is 13.1. The molecule has 7 heteroatoms. The summed E-state index contributed by atoms with van der Waals surface area (Å²) in [5.41, 5.74) is 2.97. The molecule has 0 bridgehead atoms. The van der Waals surface area contributed by atoms with Crippen LogP contribution in [0.15, 0.2) is 60.9 Å². The highest BCUT2D eigenvalue weighted by Crippen LogP contribution is 2.32. The number of methoxy groups -OCH3 is 1. The molecule has 35 heavy (non-hydrogen) atoms. The van der Waals surface area contributed by atoms with E-state index in [1.807, 2.05) is 24.3 Å². The van der Waals surface area contributed by atoms with Crippen molar-refractivity contribution in [3.8, 4) is 22.8 Å². The van der Waals surface area contributed by atoms with Crippen LogP contribution in [0.4, 0.5) is 5.82 Å². The molecule has 1 atom stereocenters. The maximum Gasteiger partial charge on any atom is 0.161 e. The minimum atomic E-state index is 0.188. The van der Waals surface area contributed by atoms with E-state index in [-0.39, 0.29) is 6.04 Å². The van der Waals surface area contributed by atoms with Crippen molar-refractivity contribution < 1.29 is 14.2 Å². The normalized spacial score (nSPS) is 14.9. The smallest absolute Gasteiger partial charge is 0.161 e. The van der Waals surface area contributed by atoms with E-state index < -0.39 is 0 Å². The number of rotatable bonds is 12.